The summed E-state index contributed by atoms with van der Waals surface area (Å²) in [4.78, 5) is 11.2. The lowest BCUT2D eigenvalue weighted by Crippen LogP contribution is -2.43. The Labute approximate surface area is 108 Å². The molecular weight excluding hydrogens is 228 g/mol. The maximum Gasteiger partial charge on any atom is 0.331 e. The predicted molar refractivity (Wildman–Crippen MR) is 68.2 cm³/mol. The molecule has 3 aliphatic rings. The number of ether oxygens (including phenoxy) is 1. The lowest BCUT2D eigenvalue weighted by molar-refractivity contribution is -0.134. The summed E-state index contributed by atoms with van der Waals surface area (Å²) in [7, 11) is 0. The zero-order chi connectivity index (χ0) is 13.1. The molecule has 2 saturated carbocycles. The summed E-state index contributed by atoms with van der Waals surface area (Å²) >= 11 is 0. The Balaban J connectivity index is 1.87. The number of hydrogen-bond donors (Lipinski definition) is 1. The van der Waals surface area contributed by atoms with Gasteiger partial charge in [-0.25, -0.2) is 4.79 Å². The Morgan fingerprint density at radius 3 is 2.78 bits per heavy atom. The quantitative estimate of drug-likeness (QED) is 0.605. The average Bonchev–Trinajstić information content (AvgIpc) is 3.01. The number of aliphatic carboxylic acids is 1. The molecule has 100 valence electrons. The Morgan fingerprint density at radius 1 is 1.39 bits per heavy atom. The molecule has 0 aromatic rings. The van der Waals surface area contributed by atoms with E-state index in [9.17, 15) is 9.90 Å². The van der Waals surface area contributed by atoms with Crippen molar-refractivity contribution < 1.29 is 14.6 Å². The lowest BCUT2D eigenvalue weighted by Gasteiger charge is -2.44. The van der Waals surface area contributed by atoms with Crippen LogP contribution < -0.4 is 0 Å². The van der Waals surface area contributed by atoms with Crippen molar-refractivity contribution in [3.63, 3.8) is 0 Å². The summed E-state index contributed by atoms with van der Waals surface area (Å²) in [5, 5.41) is 9.21. The third kappa shape index (κ3) is 1.63. The van der Waals surface area contributed by atoms with Gasteiger partial charge in [0.25, 0.3) is 0 Å². The molecule has 1 aliphatic heterocycles. The number of carboxylic acid groups (broad SMARTS) is 1. The van der Waals surface area contributed by atoms with Crippen LogP contribution in [0.25, 0.3) is 0 Å². The van der Waals surface area contributed by atoms with E-state index in [0.29, 0.717) is 23.3 Å². The molecule has 0 aromatic heterocycles. The second-order valence-electron chi connectivity index (χ2n) is 6.62. The van der Waals surface area contributed by atoms with Gasteiger partial charge >= 0.3 is 5.97 Å². The minimum atomic E-state index is -0.832. The summed E-state index contributed by atoms with van der Waals surface area (Å²) < 4.78 is 5.91. The van der Waals surface area contributed by atoms with Crippen LogP contribution in [0.2, 0.25) is 0 Å². The minimum Gasteiger partial charge on any atom is -0.478 e. The standard InChI is InChI=1S/C15H22O3/c1-8-4-5-11(9(2)14(16)17)12-10(8)6-7-15(3)13(12)18-15/h8,10-13H,2,4-7H2,1,3H3,(H,16,17)/t8-,10+,11+,12+,13?,15?/m1/s1. The SMILES string of the molecule is C=C(C(=O)O)[C@@H]1CC[C@@H](C)[C@@H]2CCC3(C)OC3[C@@H]21. The van der Waals surface area contributed by atoms with Gasteiger partial charge in [-0.2, -0.15) is 0 Å². The normalized spacial score (nSPS) is 50.0. The van der Waals surface area contributed by atoms with E-state index in [4.69, 9.17) is 4.74 Å². The molecule has 0 radical (unpaired) electrons. The van der Waals surface area contributed by atoms with Crippen LogP contribution in [0.5, 0.6) is 0 Å². The first-order valence-corrected chi connectivity index (χ1v) is 7.04. The fourth-order valence-electron chi connectivity index (χ4n) is 4.40. The van der Waals surface area contributed by atoms with Crippen molar-refractivity contribution in [2.75, 3.05) is 0 Å². The fourth-order valence-corrected chi connectivity index (χ4v) is 4.40. The van der Waals surface area contributed by atoms with Gasteiger partial charge in [0.2, 0.25) is 0 Å². The van der Waals surface area contributed by atoms with Crippen molar-refractivity contribution in [1.82, 2.24) is 0 Å². The molecule has 0 spiro atoms. The molecular formula is C15H22O3. The molecule has 6 atom stereocenters. The predicted octanol–water partition coefficient (Wildman–Crippen LogP) is 2.86. The van der Waals surface area contributed by atoms with Crippen molar-refractivity contribution in [1.29, 1.82) is 0 Å². The number of carbonyl (C=O) groups is 1. The van der Waals surface area contributed by atoms with Gasteiger partial charge in [0, 0.05) is 5.57 Å². The van der Waals surface area contributed by atoms with Crippen LogP contribution in [-0.4, -0.2) is 22.8 Å². The Kier molecular flexibility index (Phi) is 2.60. The molecule has 2 unspecified atom stereocenters. The topological polar surface area (TPSA) is 49.8 Å². The molecule has 0 amide bonds. The number of hydrogen-bond acceptors (Lipinski definition) is 2. The van der Waals surface area contributed by atoms with Gasteiger partial charge in [-0.05, 0) is 56.3 Å². The molecule has 0 aromatic carbocycles. The maximum absolute atomic E-state index is 11.2. The molecule has 1 saturated heterocycles. The number of fused-ring (bicyclic) bond motifs is 3. The van der Waals surface area contributed by atoms with E-state index in [0.717, 1.165) is 19.3 Å². The first-order valence-electron chi connectivity index (χ1n) is 7.04. The van der Waals surface area contributed by atoms with E-state index in [-0.39, 0.29) is 17.6 Å². The van der Waals surface area contributed by atoms with E-state index in [1.165, 1.54) is 6.42 Å². The molecule has 3 heteroatoms. The number of rotatable bonds is 2. The van der Waals surface area contributed by atoms with E-state index >= 15 is 0 Å². The third-order valence-corrected chi connectivity index (χ3v) is 5.61. The first-order chi connectivity index (χ1) is 8.44. The van der Waals surface area contributed by atoms with Gasteiger partial charge in [-0.1, -0.05) is 13.5 Å². The van der Waals surface area contributed by atoms with E-state index in [1.54, 1.807) is 0 Å². The highest BCUT2D eigenvalue weighted by Crippen LogP contribution is 2.60. The zero-order valence-corrected chi connectivity index (χ0v) is 11.2. The largest absolute Gasteiger partial charge is 0.478 e. The van der Waals surface area contributed by atoms with Crippen LogP contribution in [0.15, 0.2) is 12.2 Å². The molecule has 1 N–H and O–H groups in total. The Bertz CT molecular complexity index is 403. The van der Waals surface area contributed by atoms with Crippen molar-refractivity contribution >= 4 is 5.97 Å². The van der Waals surface area contributed by atoms with Crippen LogP contribution in [0.3, 0.4) is 0 Å². The van der Waals surface area contributed by atoms with Gasteiger partial charge in [0.1, 0.15) is 0 Å². The van der Waals surface area contributed by atoms with Gasteiger partial charge in [0.15, 0.2) is 0 Å². The van der Waals surface area contributed by atoms with Crippen LogP contribution in [-0.2, 0) is 9.53 Å². The first kappa shape index (κ1) is 12.2. The summed E-state index contributed by atoms with van der Waals surface area (Å²) in [5.41, 5.74) is 0.437. The van der Waals surface area contributed by atoms with Crippen LogP contribution >= 0.6 is 0 Å². The molecule has 3 nitrogen and oxygen atoms in total. The van der Waals surface area contributed by atoms with Crippen LogP contribution in [0.1, 0.15) is 39.5 Å². The van der Waals surface area contributed by atoms with Crippen molar-refractivity contribution in [2.45, 2.75) is 51.2 Å². The van der Waals surface area contributed by atoms with Crippen LogP contribution in [0.4, 0.5) is 0 Å². The molecule has 1 heterocycles. The molecule has 2 aliphatic carbocycles. The fraction of sp³-hybridized carbons (Fsp3) is 0.800. The molecule has 3 fully saturated rings. The smallest absolute Gasteiger partial charge is 0.331 e. The number of carboxylic acids is 1. The molecule has 3 rings (SSSR count). The molecule has 18 heavy (non-hydrogen) atoms. The third-order valence-electron chi connectivity index (χ3n) is 5.61. The lowest BCUT2D eigenvalue weighted by atomic mass is 9.58. The van der Waals surface area contributed by atoms with Crippen molar-refractivity contribution in [3.8, 4) is 0 Å². The highest BCUT2D eigenvalue weighted by molar-refractivity contribution is 5.86. The van der Waals surface area contributed by atoms with Gasteiger partial charge in [0.05, 0.1) is 11.7 Å². The highest BCUT2D eigenvalue weighted by Gasteiger charge is 2.63. The molecule has 0 bridgehead atoms. The highest BCUT2D eigenvalue weighted by atomic mass is 16.6. The summed E-state index contributed by atoms with van der Waals surface area (Å²) in [6.07, 6.45) is 4.68. The average molecular weight is 250 g/mol. The van der Waals surface area contributed by atoms with E-state index in [2.05, 4.69) is 20.4 Å². The van der Waals surface area contributed by atoms with E-state index < -0.39 is 5.97 Å². The van der Waals surface area contributed by atoms with Gasteiger partial charge in [-0.15, -0.1) is 0 Å². The Morgan fingerprint density at radius 2 is 2.11 bits per heavy atom. The summed E-state index contributed by atoms with van der Waals surface area (Å²) in [6, 6.07) is 0. The second kappa shape index (κ2) is 3.83. The van der Waals surface area contributed by atoms with Crippen LogP contribution in [0, 0.1) is 23.7 Å². The Hall–Kier alpha value is -0.830. The van der Waals surface area contributed by atoms with E-state index in [1.807, 2.05) is 0 Å². The minimum absolute atomic E-state index is 0.0370. The zero-order valence-electron chi connectivity index (χ0n) is 11.2. The summed E-state index contributed by atoms with van der Waals surface area (Å²) in [5.74, 6) is 0.996. The number of epoxide rings is 1. The van der Waals surface area contributed by atoms with Crippen molar-refractivity contribution in [2.24, 2.45) is 23.7 Å². The maximum atomic E-state index is 11.2. The van der Waals surface area contributed by atoms with Gasteiger partial charge in [-0.3, -0.25) is 0 Å². The second-order valence-corrected chi connectivity index (χ2v) is 6.62. The summed E-state index contributed by atoms with van der Waals surface area (Å²) in [6.45, 7) is 8.30. The van der Waals surface area contributed by atoms with Crippen molar-refractivity contribution in [3.05, 3.63) is 12.2 Å². The van der Waals surface area contributed by atoms with Gasteiger partial charge < -0.3 is 9.84 Å². The monoisotopic (exact) mass is 250 g/mol.